The summed E-state index contributed by atoms with van der Waals surface area (Å²) in [5, 5.41) is 3.38. The Hall–Kier alpha value is -1.39. The van der Waals surface area contributed by atoms with Crippen LogP contribution in [0.1, 0.15) is 22.3 Å². The monoisotopic (exact) mass is 234 g/mol. The average molecular weight is 234 g/mol. The van der Waals surface area contributed by atoms with Crippen molar-refractivity contribution in [2.45, 2.75) is 13.0 Å². The molecule has 1 amide bonds. The molecule has 0 aliphatic carbocycles. The maximum Gasteiger partial charge on any atom is 0.248 e. The molecule has 1 aromatic rings. The number of rotatable bonds is 5. The van der Waals surface area contributed by atoms with Crippen molar-refractivity contribution < 1.29 is 9.53 Å². The fourth-order valence-corrected chi connectivity index (χ4v) is 2.00. The van der Waals surface area contributed by atoms with E-state index in [2.05, 4.69) is 5.32 Å². The van der Waals surface area contributed by atoms with Gasteiger partial charge in [0.25, 0.3) is 0 Å². The second-order valence-corrected chi connectivity index (χ2v) is 4.43. The van der Waals surface area contributed by atoms with Crippen molar-refractivity contribution in [3.63, 3.8) is 0 Å². The summed E-state index contributed by atoms with van der Waals surface area (Å²) in [5.74, 6) is 0.241. The lowest BCUT2D eigenvalue weighted by atomic mass is 10.1. The molecular weight excluding hydrogens is 216 g/mol. The molecule has 0 saturated carbocycles. The summed E-state index contributed by atoms with van der Waals surface area (Å²) in [6.45, 7) is 3.45. The number of amides is 1. The minimum Gasteiger partial charge on any atom is -0.381 e. The Balaban J connectivity index is 1.81. The second kappa shape index (κ2) is 5.80. The number of nitrogens with two attached hydrogens (primary N) is 1. The molecule has 1 aliphatic heterocycles. The third kappa shape index (κ3) is 3.54. The summed E-state index contributed by atoms with van der Waals surface area (Å²) in [7, 11) is 0. The molecule has 0 aromatic heterocycles. The zero-order chi connectivity index (χ0) is 12.1. The van der Waals surface area contributed by atoms with Crippen molar-refractivity contribution in [1.29, 1.82) is 0 Å². The molecule has 2 rings (SSSR count). The largest absolute Gasteiger partial charge is 0.381 e. The minimum absolute atomic E-state index is 0.379. The third-order valence-corrected chi connectivity index (χ3v) is 3.00. The summed E-state index contributed by atoms with van der Waals surface area (Å²) in [4.78, 5) is 11.0. The fourth-order valence-electron chi connectivity index (χ4n) is 2.00. The molecule has 0 bridgehead atoms. The molecule has 3 N–H and O–H groups in total. The molecule has 1 unspecified atom stereocenters. The summed E-state index contributed by atoms with van der Waals surface area (Å²) in [6, 6.07) is 7.41. The Morgan fingerprint density at radius 1 is 1.53 bits per heavy atom. The maximum atomic E-state index is 11.0. The molecule has 4 nitrogen and oxygen atoms in total. The molecule has 1 saturated heterocycles. The molecule has 1 fully saturated rings. The van der Waals surface area contributed by atoms with E-state index in [0.29, 0.717) is 11.5 Å². The number of nitrogens with one attached hydrogen (secondary N) is 1. The number of carbonyl (C=O) groups is 1. The molecule has 1 aliphatic rings. The van der Waals surface area contributed by atoms with Gasteiger partial charge in [0, 0.05) is 25.3 Å². The number of ether oxygens (including phenoxy) is 1. The van der Waals surface area contributed by atoms with Gasteiger partial charge in [0.05, 0.1) is 6.61 Å². The van der Waals surface area contributed by atoms with Crippen LogP contribution in [0.5, 0.6) is 0 Å². The van der Waals surface area contributed by atoms with Gasteiger partial charge in [-0.2, -0.15) is 0 Å². The van der Waals surface area contributed by atoms with Crippen LogP contribution in [0.3, 0.4) is 0 Å². The highest BCUT2D eigenvalue weighted by Crippen LogP contribution is 2.11. The van der Waals surface area contributed by atoms with Gasteiger partial charge >= 0.3 is 0 Å². The molecule has 4 heteroatoms. The van der Waals surface area contributed by atoms with Crippen molar-refractivity contribution in [2.24, 2.45) is 11.7 Å². The Morgan fingerprint density at radius 2 is 2.41 bits per heavy atom. The van der Waals surface area contributed by atoms with Crippen LogP contribution in [0, 0.1) is 5.92 Å². The highest BCUT2D eigenvalue weighted by atomic mass is 16.5. The van der Waals surface area contributed by atoms with E-state index in [-0.39, 0.29) is 5.91 Å². The number of carbonyl (C=O) groups excluding carboxylic acids is 1. The van der Waals surface area contributed by atoms with Gasteiger partial charge in [-0.3, -0.25) is 4.79 Å². The number of benzene rings is 1. The topological polar surface area (TPSA) is 64.4 Å². The van der Waals surface area contributed by atoms with E-state index in [0.717, 1.165) is 38.3 Å². The van der Waals surface area contributed by atoms with E-state index >= 15 is 0 Å². The van der Waals surface area contributed by atoms with Gasteiger partial charge in [-0.1, -0.05) is 12.1 Å². The highest BCUT2D eigenvalue weighted by molar-refractivity contribution is 5.92. The zero-order valence-electron chi connectivity index (χ0n) is 9.82. The van der Waals surface area contributed by atoms with Crippen molar-refractivity contribution >= 4 is 5.91 Å². The Bertz CT molecular complexity index is 387. The predicted molar refractivity (Wildman–Crippen MR) is 65.6 cm³/mol. The van der Waals surface area contributed by atoms with Gasteiger partial charge in [-0.05, 0) is 30.0 Å². The smallest absolute Gasteiger partial charge is 0.248 e. The van der Waals surface area contributed by atoms with Gasteiger partial charge in [-0.25, -0.2) is 0 Å². The van der Waals surface area contributed by atoms with Crippen LogP contribution in [-0.2, 0) is 11.3 Å². The van der Waals surface area contributed by atoms with Crippen molar-refractivity contribution in [3.05, 3.63) is 35.4 Å². The minimum atomic E-state index is -0.379. The lowest BCUT2D eigenvalue weighted by Crippen LogP contribution is -2.22. The quantitative estimate of drug-likeness (QED) is 0.796. The first-order valence-corrected chi connectivity index (χ1v) is 5.93. The lowest BCUT2D eigenvalue weighted by Gasteiger charge is -2.09. The molecule has 0 spiro atoms. The van der Waals surface area contributed by atoms with Crippen LogP contribution >= 0.6 is 0 Å². The van der Waals surface area contributed by atoms with E-state index in [1.54, 1.807) is 6.07 Å². The van der Waals surface area contributed by atoms with Gasteiger partial charge in [-0.15, -0.1) is 0 Å². The average Bonchev–Trinajstić information content (AvgIpc) is 2.82. The van der Waals surface area contributed by atoms with E-state index in [1.807, 2.05) is 18.2 Å². The van der Waals surface area contributed by atoms with E-state index in [9.17, 15) is 4.79 Å². The van der Waals surface area contributed by atoms with Gasteiger partial charge in [0.1, 0.15) is 0 Å². The Kier molecular flexibility index (Phi) is 4.12. The van der Waals surface area contributed by atoms with Crippen LogP contribution in [0.4, 0.5) is 0 Å². The van der Waals surface area contributed by atoms with Crippen LogP contribution in [-0.4, -0.2) is 25.7 Å². The van der Waals surface area contributed by atoms with Crippen LogP contribution in [0.2, 0.25) is 0 Å². The molecule has 0 radical (unpaired) electrons. The maximum absolute atomic E-state index is 11.0. The standard InChI is InChI=1S/C13H18N2O2/c14-13(16)12-3-1-2-10(6-12)7-15-8-11-4-5-17-9-11/h1-3,6,11,15H,4-5,7-9H2,(H2,14,16). The van der Waals surface area contributed by atoms with E-state index < -0.39 is 0 Å². The zero-order valence-corrected chi connectivity index (χ0v) is 9.82. The van der Waals surface area contributed by atoms with E-state index in [4.69, 9.17) is 10.5 Å². The normalized spacial score (nSPS) is 19.4. The van der Waals surface area contributed by atoms with Gasteiger partial charge in [0.15, 0.2) is 0 Å². The van der Waals surface area contributed by atoms with Gasteiger partial charge in [0.2, 0.25) is 5.91 Å². The number of hydrogen-bond donors (Lipinski definition) is 2. The van der Waals surface area contributed by atoms with E-state index in [1.165, 1.54) is 0 Å². The van der Waals surface area contributed by atoms with Crippen molar-refractivity contribution in [2.75, 3.05) is 19.8 Å². The summed E-state index contributed by atoms with van der Waals surface area (Å²) >= 11 is 0. The van der Waals surface area contributed by atoms with Crippen molar-refractivity contribution in [1.82, 2.24) is 5.32 Å². The molecule has 1 heterocycles. The second-order valence-electron chi connectivity index (χ2n) is 4.43. The molecule has 1 aromatic carbocycles. The number of hydrogen-bond acceptors (Lipinski definition) is 3. The van der Waals surface area contributed by atoms with Crippen LogP contribution in [0.25, 0.3) is 0 Å². The Labute approximate surface area is 101 Å². The molecule has 92 valence electrons. The summed E-state index contributed by atoms with van der Waals surface area (Å²) in [5.41, 5.74) is 6.88. The number of primary amides is 1. The SMILES string of the molecule is NC(=O)c1cccc(CNCC2CCOC2)c1. The first-order chi connectivity index (χ1) is 8.25. The summed E-state index contributed by atoms with van der Waals surface area (Å²) in [6.07, 6.45) is 1.13. The van der Waals surface area contributed by atoms with Crippen LogP contribution in [0.15, 0.2) is 24.3 Å². The fraction of sp³-hybridized carbons (Fsp3) is 0.462. The predicted octanol–water partition coefficient (Wildman–Crippen LogP) is 0.912. The van der Waals surface area contributed by atoms with Gasteiger partial charge < -0.3 is 15.8 Å². The molecule has 1 atom stereocenters. The Morgan fingerprint density at radius 3 is 3.12 bits per heavy atom. The summed E-state index contributed by atoms with van der Waals surface area (Å²) < 4.78 is 5.31. The lowest BCUT2D eigenvalue weighted by molar-refractivity contribution is 0.1000. The van der Waals surface area contributed by atoms with Crippen molar-refractivity contribution in [3.8, 4) is 0 Å². The first-order valence-electron chi connectivity index (χ1n) is 5.93. The molecular formula is C13H18N2O2. The highest BCUT2D eigenvalue weighted by Gasteiger charge is 2.14. The third-order valence-electron chi connectivity index (χ3n) is 3.00. The van der Waals surface area contributed by atoms with Crippen LogP contribution < -0.4 is 11.1 Å². The molecule has 17 heavy (non-hydrogen) atoms. The first kappa shape index (κ1) is 12.1.